The van der Waals surface area contributed by atoms with Gasteiger partial charge in [-0.25, -0.2) is 23.7 Å². The van der Waals surface area contributed by atoms with Gasteiger partial charge >= 0.3 is 0 Å². The second-order valence-corrected chi connectivity index (χ2v) is 8.65. The minimum absolute atomic E-state index is 0.0642. The minimum atomic E-state index is -2.93. The first kappa shape index (κ1) is 20.0. The van der Waals surface area contributed by atoms with Crippen LogP contribution in [0, 0.1) is 0 Å². The Labute approximate surface area is 178 Å². The lowest BCUT2D eigenvalue weighted by molar-refractivity contribution is -0.130. The monoisotopic (exact) mass is 430 g/mol. The third-order valence-electron chi connectivity index (χ3n) is 6.48. The zero-order valence-electron chi connectivity index (χ0n) is 17.1. The van der Waals surface area contributed by atoms with Crippen LogP contribution in [-0.4, -0.2) is 60.8 Å². The first-order valence-corrected chi connectivity index (χ1v) is 10.8. The quantitative estimate of drug-likeness (QED) is 0.802. The number of nitrogens with one attached hydrogen (secondary N) is 1. The molecule has 164 valence electrons. The molecule has 2 aromatic heterocycles. The van der Waals surface area contributed by atoms with E-state index < -0.39 is 24.8 Å². The summed E-state index contributed by atoms with van der Waals surface area (Å²) in [6.07, 6.45) is 9.32. The van der Waals surface area contributed by atoms with Crippen molar-refractivity contribution in [1.29, 1.82) is 0 Å². The molecule has 0 atom stereocenters. The number of carbonyl (C=O) groups excluding carboxylic acids is 2. The van der Waals surface area contributed by atoms with Crippen LogP contribution in [-0.2, 0) is 17.6 Å². The van der Waals surface area contributed by atoms with Crippen molar-refractivity contribution in [3.8, 4) is 5.95 Å². The Morgan fingerprint density at radius 1 is 1.16 bits per heavy atom. The second-order valence-electron chi connectivity index (χ2n) is 8.65. The van der Waals surface area contributed by atoms with Crippen LogP contribution in [0.2, 0.25) is 0 Å². The van der Waals surface area contributed by atoms with Crippen molar-refractivity contribution in [2.75, 3.05) is 6.54 Å². The van der Waals surface area contributed by atoms with Crippen molar-refractivity contribution in [1.82, 2.24) is 29.7 Å². The van der Waals surface area contributed by atoms with Crippen molar-refractivity contribution >= 4 is 11.8 Å². The maximum absolute atomic E-state index is 13.5. The first-order valence-electron chi connectivity index (χ1n) is 10.8. The van der Waals surface area contributed by atoms with Gasteiger partial charge in [0.25, 0.3) is 11.8 Å². The van der Waals surface area contributed by atoms with Crippen molar-refractivity contribution in [3.05, 3.63) is 35.7 Å². The number of likely N-dealkylation sites (tertiary alicyclic amines) is 1. The first-order chi connectivity index (χ1) is 14.9. The van der Waals surface area contributed by atoms with Gasteiger partial charge in [-0.1, -0.05) is 0 Å². The molecule has 0 radical (unpaired) electrons. The summed E-state index contributed by atoms with van der Waals surface area (Å²) in [5.74, 6) is -3.20. The van der Waals surface area contributed by atoms with Crippen LogP contribution < -0.4 is 5.32 Å². The summed E-state index contributed by atoms with van der Waals surface area (Å²) >= 11 is 0. The maximum Gasteiger partial charge on any atom is 0.274 e. The second kappa shape index (κ2) is 7.65. The summed E-state index contributed by atoms with van der Waals surface area (Å²) in [6.45, 7) is -0.488. The molecule has 1 saturated carbocycles. The summed E-state index contributed by atoms with van der Waals surface area (Å²) in [5.41, 5.74) is 2.21. The highest BCUT2D eigenvalue weighted by molar-refractivity contribution is 5.94. The van der Waals surface area contributed by atoms with Crippen LogP contribution >= 0.6 is 0 Å². The van der Waals surface area contributed by atoms with Crippen LogP contribution in [0.5, 0.6) is 0 Å². The third-order valence-corrected chi connectivity index (χ3v) is 6.48. The molecule has 3 heterocycles. The van der Waals surface area contributed by atoms with Gasteiger partial charge in [0.2, 0.25) is 11.9 Å². The van der Waals surface area contributed by atoms with E-state index in [-0.39, 0.29) is 18.0 Å². The standard InChI is InChI=1S/C21H24F2N6O2/c22-21(23)10-17(30)29(11-21)14-6-4-13(5-7-14)25-19(31)18-15-2-1-3-16(15)26-20(27-18)28-9-8-24-12-28/h8-9,12-14H,1-7,10-11H2,(H,25,31)/t13-,14-. The smallest absolute Gasteiger partial charge is 0.274 e. The van der Waals surface area contributed by atoms with Gasteiger partial charge in [-0.2, -0.15) is 0 Å². The van der Waals surface area contributed by atoms with E-state index in [0.717, 1.165) is 30.5 Å². The summed E-state index contributed by atoms with van der Waals surface area (Å²) in [4.78, 5) is 39.5. The Hall–Kier alpha value is -2.91. The van der Waals surface area contributed by atoms with Gasteiger partial charge in [0.05, 0.1) is 13.0 Å². The van der Waals surface area contributed by atoms with E-state index >= 15 is 0 Å². The van der Waals surface area contributed by atoms with Gasteiger partial charge in [-0.05, 0) is 44.9 Å². The highest BCUT2D eigenvalue weighted by atomic mass is 19.3. The highest BCUT2D eigenvalue weighted by Crippen LogP contribution is 2.34. The number of amides is 2. The Balaban J connectivity index is 1.26. The van der Waals surface area contributed by atoms with Crippen molar-refractivity contribution < 1.29 is 18.4 Å². The molecule has 5 rings (SSSR count). The zero-order chi connectivity index (χ0) is 21.6. The summed E-state index contributed by atoms with van der Waals surface area (Å²) in [6, 6.07) is -0.240. The number of halogens is 2. The Kier molecular flexibility index (Phi) is 4.94. The van der Waals surface area contributed by atoms with Crippen LogP contribution in [0.1, 0.15) is 60.3 Å². The topological polar surface area (TPSA) is 93.0 Å². The summed E-state index contributed by atoms with van der Waals surface area (Å²) in [5, 5.41) is 3.07. The fourth-order valence-electron chi connectivity index (χ4n) is 4.93. The Morgan fingerprint density at radius 3 is 2.65 bits per heavy atom. The molecular weight excluding hydrogens is 406 g/mol. The number of aryl methyl sites for hydroxylation is 1. The normalized spacial score (nSPS) is 25.0. The highest BCUT2D eigenvalue weighted by Gasteiger charge is 2.46. The molecule has 31 heavy (non-hydrogen) atoms. The Morgan fingerprint density at radius 2 is 1.97 bits per heavy atom. The molecule has 1 saturated heterocycles. The van der Waals surface area contributed by atoms with Gasteiger partial charge in [0.15, 0.2) is 0 Å². The fourth-order valence-corrected chi connectivity index (χ4v) is 4.93. The van der Waals surface area contributed by atoms with E-state index in [1.54, 1.807) is 23.3 Å². The molecule has 0 aromatic carbocycles. The average Bonchev–Trinajstić information content (AvgIpc) is 3.47. The van der Waals surface area contributed by atoms with E-state index in [4.69, 9.17) is 0 Å². The number of carbonyl (C=O) groups is 2. The van der Waals surface area contributed by atoms with Gasteiger partial charge in [0.1, 0.15) is 12.0 Å². The zero-order valence-corrected chi connectivity index (χ0v) is 17.1. The Bertz CT molecular complexity index is 1000. The van der Waals surface area contributed by atoms with Crippen LogP contribution in [0.3, 0.4) is 0 Å². The molecule has 0 bridgehead atoms. The van der Waals surface area contributed by atoms with Crippen molar-refractivity contribution in [2.45, 2.75) is 69.4 Å². The molecule has 2 fully saturated rings. The number of alkyl halides is 2. The predicted octanol–water partition coefficient (Wildman–Crippen LogP) is 2.06. The van der Waals surface area contributed by atoms with Crippen molar-refractivity contribution in [2.24, 2.45) is 0 Å². The van der Waals surface area contributed by atoms with Crippen LogP contribution in [0.4, 0.5) is 8.78 Å². The number of hydrogen-bond donors (Lipinski definition) is 1. The number of hydrogen-bond acceptors (Lipinski definition) is 5. The lowest BCUT2D eigenvalue weighted by Gasteiger charge is -2.34. The lowest BCUT2D eigenvalue weighted by atomic mass is 9.90. The van der Waals surface area contributed by atoms with E-state index in [2.05, 4.69) is 20.3 Å². The van der Waals surface area contributed by atoms with E-state index in [9.17, 15) is 18.4 Å². The van der Waals surface area contributed by atoms with E-state index in [1.807, 2.05) is 0 Å². The average molecular weight is 430 g/mol. The summed E-state index contributed by atoms with van der Waals surface area (Å²) in [7, 11) is 0. The van der Waals surface area contributed by atoms with Crippen LogP contribution in [0.25, 0.3) is 5.95 Å². The van der Waals surface area contributed by atoms with Gasteiger partial charge in [-0.15, -0.1) is 0 Å². The van der Waals surface area contributed by atoms with Crippen LogP contribution in [0.15, 0.2) is 18.7 Å². The molecule has 2 amide bonds. The SMILES string of the molecule is O=C(N[C@H]1CC[C@H](N2CC(F)(F)CC2=O)CC1)c1nc(-n2ccnc2)nc2c1CCC2. The van der Waals surface area contributed by atoms with Gasteiger partial charge in [0, 0.05) is 35.7 Å². The molecule has 1 N–H and O–H groups in total. The minimum Gasteiger partial charge on any atom is -0.348 e. The predicted molar refractivity (Wildman–Crippen MR) is 106 cm³/mol. The van der Waals surface area contributed by atoms with Gasteiger partial charge < -0.3 is 10.2 Å². The van der Waals surface area contributed by atoms with E-state index in [0.29, 0.717) is 37.3 Å². The number of fused-ring (bicyclic) bond motifs is 1. The largest absolute Gasteiger partial charge is 0.348 e. The fraction of sp³-hybridized carbons (Fsp3) is 0.571. The molecule has 8 nitrogen and oxygen atoms in total. The molecule has 10 heteroatoms. The third kappa shape index (κ3) is 3.90. The lowest BCUT2D eigenvalue weighted by Crippen LogP contribution is -2.45. The maximum atomic E-state index is 13.5. The molecule has 1 aliphatic heterocycles. The molecule has 0 unspecified atom stereocenters. The molecule has 2 aromatic rings. The van der Waals surface area contributed by atoms with E-state index in [1.165, 1.54) is 4.90 Å². The molecule has 2 aliphatic carbocycles. The molecular formula is C21H24F2N6O2. The van der Waals surface area contributed by atoms with Crippen molar-refractivity contribution in [3.63, 3.8) is 0 Å². The number of rotatable bonds is 4. The molecule has 0 spiro atoms. The number of aromatic nitrogens is 4. The number of imidazole rings is 1. The molecule has 3 aliphatic rings. The summed E-state index contributed by atoms with van der Waals surface area (Å²) < 4.78 is 28.8. The number of nitrogens with zero attached hydrogens (tertiary/aromatic N) is 5. The van der Waals surface area contributed by atoms with Gasteiger partial charge in [-0.3, -0.25) is 14.2 Å².